The third-order valence-electron chi connectivity index (χ3n) is 5.23. The van der Waals surface area contributed by atoms with Gasteiger partial charge in [0.2, 0.25) is 0 Å². The zero-order chi connectivity index (χ0) is 12.8. The molecule has 2 rings (SSSR count). The maximum atomic E-state index is 5.99. The van der Waals surface area contributed by atoms with Gasteiger partial charge in [0.25, 0.3) is 0 Å². The fraction of sp³-hybridized carbons (Fsp3) is 1.00. The minimum atomic E-state index is 0.806. The molecule has 106 valence electrons. The van der Waals surface area contributed by atoms with Crippen LogP contribution in [-0.4, -0.2) is 19.8 Å². The van der Waals surface area contributed by atoms with Crippen molar-refractivity contribution in [2.45, 2.75) is 58.3 Å². The molecule has 1 heterocycles. The van der Waals surface area contributed by atoms with Crippen LogP contribution in [0.25, 0.3) is 0 Å². The van der Waals surface area contributed by atoms with Crippen LogP contribution >= 0.6 is 0 Å². The summed E-state index contributed by atoms with van der Waals surface area (Å²) in [7, 11) is 0. The van der Waals surface area contributed by atoms with Crippen molar-refractivity contribution in [2.75, 3.05) is 19.8 Å². The highest BCUT2D eigenvalue weighted by Crippen LogP contribution is 2.40. The van der Waals surface area contributed by atoms with Gasteiger partial charge in [-0.3, -0.25) is 0 Å². The van der Waals surface area contributed by atoms with E-state index >= 15 is 0 Å². The molecule has 0 aromatic heterocycles. The normalized spacial score (nSPS) is 34.7. The van der Waals surface area contributed by atoms with Crippen LogP contribution in [0.2, 0.25) is 0 Å². The van der Waals surface area contributed by atoms with E-state index in [4.69, 9.17) is 10.5 Å². The molecule has 2 N–H and O–H groups in total. The Morgan fingerprint density at radius 2 is 1.78 bits per heavy atom. The quantitative estimate of drug-likeness (QED) is 0.812. The highest BCUT2D eigenvalue weighted by atomic mass is 16.5. The SMILES string of the molecule is CCCC1CCC(CN)C(CC2CCOCC2)C1. The van der Waals surface area contributed by atoms with Gasteiger partial charge in [-0.1, -0.05) is 26.2 Å². The van der Waals surface area contributed by atoms with Crippen molar-refractivity contribution in [3.63, 3.8) is 0 Å². The molecule has 0 aromatic rings. The summed E-state index contributed by atoms with van der Waals surface area (Å²) in [5.41, 5.74) is 5.99. The molecule has 0 amide bonds. The summed E-state index contributed by atoms with van der Waals surface area (Å²) in [6, 6.07) is 0. The molecule has 1 aliphatic carbocycles. The molecule has 3 atom stereocenters. The summed E-state index contributed by atoms with van der Waals surface area (Å²) < 4.78 is 5.48. The molecule has 2 aliphatic rings. The summed E-state index contributed by atoms with van der Waals surface area (Å²) in [6.07, 6.45) is 11.0. The van der Waals surface area contributed by atoms with Gasteiger partial charge >= 0.3 is 0 Å². The highest BCUT2D eigenvalue weighted by Gasteiger charge is 2.31. The third kappa shape index (κ3) is 3.96. The average molecular weight is 253 g/mol. The molecule has 18 heavy (non-hydrogen) atoms. The second-order valence-corrected chi connectivity index (χ2v) is 6.52. The van der Waals surface area contributed by atoms with Crippen molar-refractivity contribution in [2.24, 2.45) is 29.4 Å². The van der Waals surface area contributed by atoms with E-state index in [2.05, 4.69) is 6.92 Å². The molecule has 2 nitrogen and oxygen atoms in total. The van der Waals surface area contributed by atoms with Gasteiger partial charge in [0.05, 0.1) is 0 Å². The molecule has 0 spiro atoms. The second kappa shape index (κ2) is 7.49. The second-order valence-electron chi connectivity index (χ2n) is 6.52. The van der Waals surface area contributed by atoms with Crippen LogP contribution in [0, 0.1) is 23.7 Å². The summed E-state index contributed by atoms with van der Waals surface area (Å²) in [5.74, 6) is 3.62. The van der Waals surface area contributed by atoms with Gasteiger partial charge in [-0.2, -0.15) is 0 Å². The lowest BCUT2D eigenvalue weighted by Gasteiger charge is -2.38. The first-order valence-corrected chi connectivity index (χ1v) is 8.11. The number of hydrogen-bond acceptors (Lipinski definition) is 2. The summed E-state index contributed by atoms with van der Waals surface area (Å²) in [4.78, 5) is 0. The van der Waals surface area contributed by atoms with E-state index in [-0.39, 0.29) is 0 Å². The van der Waals surface area contributed by atoms with E-state index in [1.165, 1.54) is 51.4 Å². The predicted octanol–water partition coefficient (Wildman–Crippen LogP) is 3.59. The van der Waals surface area contributed by atoms with Crippen molar-refractivity contribution in [3.05, 3.63) is 0 Å². The number of hydrogen-bond donors (Lipinski definition) is 1. The summed E-state index contributed by atoms with van der Waals surface area (Å²) >= 11 is 0. The van der Waals surface area contributed by atoms with E-state index in [1.54, 1.807) is 0 Å². The molecule has 1 saturated heterocycles. The Balaban J connectivity index is 1.84. The minimum Gasteiger partial charge on any atom is -0.381 e. The Bertz CT molecular complexity index is 225. The summed E-state index contributed by atoms with van der Waals surface area (Å²) in [6.45, 7) is 5.21. The van der Waals surface area contributed by atoms with Crippen LogP contribution in [-0.2, 0) is 4.74 Å². The van der Waals surface area contributed by atoms with Crippen LogP contribution in [0.1, 0.15) is 58.3 Å². The fourth-order valence-electron chi connectivity index (χ4n) is 4.10. The number of rotatable bonds is 5. The molecule has 0 aromatic carbocycles. The van der Waals surface area contributed by atoms with Crippen LogP contribution < -0.4 is 5.73 Å². The molecule has 3 unspecified atom stereocenters. The van der Waals surface area contributed by atoms with Crippen molar-refractivity contribution in [3.8, 4) is 0 Å². The molecular formula is C16H31NO. The molecule has 1 saturated carbocycles. The van der Waals surface area contributed by atoms with Crippen molar-refractivity contribution < 1.29 is 4.74 Å². The zero-order valence-corrected chi connectivity index (χ0v) is 12.1. The van der Waals surface area contributed by atoms with Gasteiger partial charge in [-0.15, -0.1) is 0 Å². The van der Waals surface area contributed by atoms with E-state index in [0.717, 1.165) is 43.4 Å². The smallest absolute Gasteiger partial charge is 0.0468 e. The number of nitrogens with two attached hydrogens (primary N) is 1. The standard InChI is InChI=1S/C16H31NO/c1-2-3-13-4-5-15(12-17)16(10-13)11-14-6-8-18-9-7-14/h13-16H,2-12,17H2,1H3. The molecule has 2 fully saturated rings. The van der Waals surface area contributed by atoms with Gasteiger partial charge in [-0.25, -0.2) is 0 Å². The van der Waals surface area contributed by atoms with Gasteiger partial charge < -0.3 is 10.5 Å². The first-order chi connectivity index (χ1) is 8.83. The Kier molecular flexibility index (Phi) is 5.97. The topological polar surface area (TPSA) is 35.2 Å². The Morgan fingerprint density at radius 3 is 2.44 bits per heavy atom. The largest absolute Gasteiger partial charge is 0.381 e. The van der Waals surface area contributed by atoms with Gasteiger partial charge in [0.1, 0.15) is 0 Å². The highest BCUT2D eigenvalue weighted by molar-refractivity contribution is 4.83. The van der Waals surface area contributed by atoms with E-state index in [0.29, 0.717) is 0 Å². The third-order valence-corrected chi connectivity index (χ3v) is 5.23. The average Bonchev–Trinajstić information content (AvgIpc) is 2.41. The zero-order valence-electron chi connectivity index (χ0n) is 12.1. The first kappa shape index (κ1) is 14.3. The van der Waals surface area contributed by atoms with Crippen molar-refractivity contribution in [1.29, 1.82) is 0 Å². The lowest BCUT2D eigenvalue weighted by atomic mass is 9.69. The summed E-state index contributed by atoms with van der Waals surface area (Å²) in [5, 5.41) is 0. The van der Waals surface area contributed by atoms with Gasteiger partial charge in [-0.05, 0) is 62.3 Å². The van der Waals surface area contributed by atoms with Crippen LogP contribution in [0.5, 0.6) is 0 Å². The van der Waals surface area contributed by atoms with E-state index in [9.17, 15) is 0 Å². The molecular weight excluding hydrogens is 222 g/mol. The monoisotopic (exact) mass is 253 g/mol. The van der Waals surface area contributed by atoms with Crippen LogP contribution in [0.4, 0.5) is 0 Å². The van der Waals surface area contributed by atoms with Crippen molar-refractivity contribution >= 4 is 0 Å². The van der Waals surface area contributed by atoms with Crippen LogP contribution in [0.15, 0.2) is 0 Å². The van der Waals surface area contributed by atoms with Crippen molar-refractivity contribution in [1.82, 2.24) is 0 Å². The van der Waals surface area contributed by atoms with E-state index < -0.39 is 0 Å². The van der Waals surface area contributed by atoms with Crippen LogP contribution in [0.3, 0.4) is 0 Å². The fourth-order valence-corrected chi connectivity index (χ4v) is 4.10. The Labute approximate surface area is 113 Å². The van der Waals surface area contributed by atoms with Gasteiger partial charge in [0, 0.05) is 13.2 Å². The molecule has 0 bridgehead atoms. The number of ether oxygens (including phenoxy) is 1. The molecule has 0 radical (unpaired) electrons. The van der Waals surface area contributed by atoms with E-state index in [1.807, 2.05) is 0 Å². The lowest BCUT2D eigenvalue weighted by Crippen LogP contribution is -2.32. The maximum Gasteiger partial charge on any atom is 0.0468 e. The Hall–Kier alpha value is -0.0800. The van der Waals surface area contributed by atoms with Gasteiger partial charge in [0.15, 0.2) is 0 Å². The lowest BCUT2D eigenvalue weighted by molar-refractivity contribution is 0.0467. The predicted molar refractivity (Wildman–Crippen MR) is 76.4 cm³/mol. The maximum absolute atomic E-state index is 5.99. The first-order valence-electron chi connectivity index (χ1n) is 8.11. The molecule has 1 aliphatic heterocycles. The Morgan fingerprint density at radius 1 is 1.00 bits per heavy atom. The molecule has 2 heteroatoms. The minimum absolute atomic E-state index is 0.806.